The highest BCUT2D eigenvalue weighted by Crippen LogP contribution is 2.27. The summed E-state index contributed by atoms with van der Waals surface area (Å²) in [5.41, 5.74) is 1.17. The Morgan fingerprint density at radius 2 is 2.10 bits per heavy atom. The van der Waals surface area contributed by atoms with Gasteiger partial charge in [0.25, 0.3) is 0 Å². The number of nitrogens with one attached hydrogen (secondary N) is 1. The summed E-state index contributed by atoms with van der Waals surface area (Å²) < 4.78 is 19.5. The molecule has 0 aliphatic rings. The van der Waals surface area contributed by atoms with E-state index in [1.54, 1.807) is 19.2 Å². The normalized spacial score (nSPS) is 10.2. The zero-order chi connectivity index (χ0) is 15.4. The number of hydrogen-bond acceptors (Lipinski definition) is 3. The molecule has 0 amide bonds. The highest BCUT2D eigenvalue weighted by Gasteiger charge is 2.10. The Hall–Kier alpha value is -2.08. The van der Waals surface area contributed by atoms with Crippen LogP contribution in [0, 0.1) is 5.82 Å². The monoisotopic (exact) mass is 353 g/mol. The maximum Gasteiger partial charge on any atom is 0.338 e. The van der Waals surface area contributed by atoms with Crippen LogP contribution < -0.4 is 10.1 Å². The van der Waals surface area contributed by atoms with Crippen molar-refractivity contribution in [1.29, 1.82) is 0 Å². The number of benzene rings is 2. The first-order valence-electron chi connectivity index (χ1n) is 6.10. The summed E-state index contributed by atoms with van der Waals surface area (Å²) in [4.78, 5) is 10.7. The van der Waals surface area contributed by atoms with E-state index in [-0.39, 0.29) is 5.56 Å². The van der Waals surface area contributed by atoms with E-state index >= 15 is 0 Å². The van der Waals surface area contributed by atoms with Crippen LogP contribution in [0.1, 0.15) is 15.9 Å². The van der Waals surface area contributed by atoms with Crippen molar-refractivity contribution in [2.24, 2.45) is 0 Å². The second-order valence-electron chi connectivity index (χ2n) is 4.32. The predicted octanol–water partition coefficient (Wildman–Crippen LogP) is 3.91. The quantitative estimate of drug-likeness (QED) is 0.855. The maximum atomic E-state index is 13.6. The van der Waals surface area contributed by atoms with Gasteiger partial charge in [0.15, 0.2) is 0 Å². The van der Waals surface area contributed by atoms with Crippen LogP contribution in [0.3, 0.4) is 0 Å². The van der Waals surface area contributed by atoms with Gasteiger partial charge in [0.1, 0.15) is 11.6 Å². The van der Waals surface area contributed by atoms with E-state index < -0.39 is 11.8 Å². The average Bonchev–Trinajstić information content (AvgIpc) is 2.45. The molecule has 0 aliphatic carbocycles. The van der Waals surface area contributed by atoms with Gasteiger partial charge in [-0.1, -0.05) is 6.07 Å². The molecule has 2 aromatic rings. The summed E-state index contributed by atoms with van der Waals surface area (Å²) in [7, 11) is 1.58. The highest BCUT2D eigenvalue weighted by molar-refractivity contribution is 9.10. The number of halogens is 2. The number of ether oxygens (including phenoxy) is 1. The fraction of sp³-hybridized carbons (Fsp3) is 0.133. The van der Waals surface area contributed by atoms with Gasteiger partial charge >= 0.3 is 5.97 Å². The minimum atomic E-state index is -1.27. The van der Waals surface area contributed by atoms with Gasteiger partial charge in [-0.25, -0.2) is 9.18 Å². The molecule has 2 rings (SSSR count). The van der Waals surface area contributed by atoms with E-state index in [4.69, 9.17) is 9.84 Å². The number of carboxylic acid groups (broad SMARTS) is 1. The predicted molar refractivity (Wildman–Crippen MR) is 81.4 cm³/mol. The van der Waals surface area contributed by atoms with Crippen LogP contribution in [0.2, 0.25) is 0 Å². The third-order valence-electron chi connectivity index (χ3n) is 2.91. The Kier molecular flexibility index (Phi) is 4.80. The molecule has 4 nitrogen and oxygen atoms in total. The summed E-state index contributed by atoms with van der Waals surface area (Å²) in [5.74, 6) is -1.29. The molecular weight excluding hydrogens is 341 g/mol. The van der Waals surface area contributed by atoms with Crippen molar-refractivity contribution in [2.75, 3.05) is 12.4 Å². The van der Waals surface area contributed by atoms with Crippen molar-refractivity contribution >= 4 is 27.6 Å². The van der Waals surface area contributed by atoms with Crippen LogP contribution in [0.15, 0.2) is 40.9 Å². The van der Waals surface area contributed by atoms with Gasteiger partial charge in [0, 0.05) is 12.2 Å². The molecule has 0 saturated heterocycles. The second kappa shape index (κ2) is 6.58. The number of anilines is 1. The van der Waals surface area contributed by atoms with E-state index in [1.165, 1.54) is 12.1 Å². The molecule has 110 valence electrons. The lowest BCUT2D eigenvalue weighted by atomic mass is 10.1. The summed E-state index contributed by atoms with van der Waals surface area (Å²) in [6, 6.07) is 9.55. The zero-order valence-electron chi connectivity index (χ0n) is 11.2. The summed E-state index contributed by atoms with van der Waals surface area (Å²) in [6.45, 7) is 0.385. The molecule has 0 saturated carbocycles. The lowest BCUT2D eigenvalue weighted by Crippen LogP contribution is -2.04. The van der Waals surface area contributed by atoms with Gasteiger partial charge in [0.05, 0.1) is 17.1 Å². The molecule has 21 heavy (non-hydrogen) atoms. The molecule has 6 heteroatoms. The molecule has 0 fully saturated rings. The first-order chi connectivity index (χ1) is 10.0. The second-order valence-corrected chi connectivity index (χ2v) is 5.18. The van der Waals surface area contributed by atoms with Crippen LogP contribution in [0.4, 0.5) is 10.1 Å². The van der Waals surface area contributed by atoms with Crippen molar-refractivity contribution in [1.82, 2.24) is 0 Å². The number of aromatic carboxylic acids is 1. The van der Waals surface area contributed by atoms with Crippen molar-refractivity contribution in [3.8, 4) is 5.75 Å². The average molecular weight is 354 g/mol. The number of rotatable bonds is 5. The molecule has 0 bridgehead atoms. The van der Waals surface area contributed by atoms with E-state index in [2.05, 4.69) is 21.2 Å². The number of hydrogen-bond donors (Lipinski definition) is 2. The van der Waals surface area contributed by atoms with E-state index in [0.29, 0.717) is 12.1 Å². The van der Waals surface area contributed by atoms with Crippen molar-refractivity contribution < 1.29 is 19.0 Å². The zero-order valence-corrected chi connectivity index (χ0v) is 12.8. The molecule has 2 aromatic carbocycles. The van der Waals surface area contributed by atoms with Crippen LogP contribution in [-0.2, 0) is 6.54 Å². The van der Waals surface area contributed by atoms with E-state index in [9.17, 15) is 9.18 Å². The van der Waals surface area contributed by atoms with Gasteiger partial charge in [0.2, 0.25) is 0 Å². The van der Waals surface area contributed by atoms with Gasteiger partial charge < -0.3 is 15.2 Å². The fourth-order valence-electron chi connectivity index (χ4n) is 1.82. The standard InChI is InChI=1S/C15H13BrFNO3/c1-21-14-5-3-10(7-12(14)16)18-8-9-2-4-11(15(19)20)13(17)6-9/h2-7,18H,8H2,1H3,(H,19,20). The Morgan fingerprint density at radius 3 is 2.67 bits per heavy atom. The molecule has 0 radical (unpaired) electrons. The number of carboxylic acids is 1. The van der Waals surface area contributed by atoms with E-state index in [0.717, 1.165) is 15.9 Å². The minimum absolute atomic E-state index is 0.328. The Labute approximate surface area is 129 Å². The first kappa shape index (κ1) is 15.3. The smallest absolute Gasteiger partial charge is 0.338 e. The third-order valence-corrected chi connectivity index (χ3v) is 3.53. The number of methoxy groups -OCH3 is 1. The summed E-state index contributed by atoms with van der Waals surface area (Å²) in [6.07, 6.45) is 0. The van der Waals surface area contributed by atoms with Crippen LogP contribution in [0.5, 0.6) is 5.75 Å². The molecule has 0 spiro atoms. The van der Waals surface area contributed by atoms with Crippen molar-refractivity contribution in [3.05, 3.63) is 57.8 Å². The molecular formula is C15H13BrFNO3. The van der Waals surface area contributed by atoms with Gasteiger partial charge in [-0.05, 0) is 51.8 Å². The molecule has 0 aromatic heterocycles. The Bertz CT molecular complexity index is 676. The third kappa shape index (κ3) is 3.72. The summed E-state index contributed by atoms with van der Waals surface area (Å²) in [5, 5.41) is 11.9. The van der Waals surface area contributed by atoms with Gasteiger partial charge in [-0.15, -0.1) is 0 Å². The Morgan fingerprint density at radius 1 is 1.33 bits per heavy atom. The van der Waals surface area contributed by atoms with E-state index in [1.807, 2.05) is 12.1 Å². The fourth-order valence-corrected chi connectivity index (χ4v) is 2.36. The van der Waals surface area contributed by atoms with Gasteiger partial charge in [-0.2, -0.15) is 0 Å². The highest BCUT2D eigenvalue weighted by atomic mass is 79.9. The lowest BCUT2D eigenvalue weighted by molar-refractivity contribution is 0.0692. The molecule has 0 unspecified atom stereocenters. The van der Waals surface area contributed by atoms with Gasteiger partial charge in [-0.3, -0.25) is 0 Å². The molecule has 0 atom stereocenters. The topological polar surface area (TPSA) is 58.6 Å². The first-order valence-corrected chi connectivity index (χ1v) is 6.89. The molecule has 2 N–H and O–H groups in total. The van der Waals surface area contributed by atoms with Crippen molar-refractivity contribution in [3.63, 3.8) is 0 Å². The lowest BCUT2D eigenvalue weighted by Gasteiger charge is -2.10. The Balaban J connectivity index is 2.08. The minimum Gasteiger partial charge on any atom is -0.496 e. The maximum absolute atomic E-state index is 13.6. The SMILES string of the molecule is COc1ccc(NCc2ccc(C(=O)O)c(F)c2)cc1Br. The van der Waals surface area contributed by atoms with Crippen LogP contribution in [0.25, 0.3) is 0 Å². The van der Waals surface area contributed by atoms with Crippen LogP contribution >= 0.6 is 15.9 Å². The van der Waals surface area contributed by atoms with Crippen molar-refractivity contribution in [2.45, 2.75) is 6.54 Å². The number of carbonyl (C=O) groups is 1. The van der Waals surface area contributed by atoms with Crippen LogP contribution in [-0.4, -0.2) is 18.2 Å². The largest absolute Gasteiger partial charge is 0.496 e. The molecule has 0 heterocycles. The molecule has 0 aliphatic heterocycles. The summed E-state index contributed by atoms with van der Waals surface area (Å²) >= 11 is 3.38.